The third-order valence-corrected chi connectivity index (χ3v) is 5.17. The second-order valence-electron chi connectivity index (χ2n) is 6.48. The third kappa shape index (κ3) is 3.12. The summed E-state index contributed by atoms with van der Waals surface area (Å²) in [6, 6.07) is 16.0. The minimum Gasteiger partial charge on any atom is -0.508 e. The highest BCUT2D eigenvalue weighted by molar-refractivity contribution is 5.47. The second-order valence-corrected chi connectivity index (χ2v) is 6.48. The fourth-order valence-corrected chi connectivity index (χ4v) is 3.76. The number of phenols is 1. The number of aliphatic hydroxyl groups excluding tert-OH is 1. The number of benzene rings is 2. The summed E-state index contributed by atoms with van der Waals surface area (Å²) in [5.41, 5.74) is 2.07. The van der Waals surface area contributed by atoms with E-state index in [9.17, 15) is 10.2 Å². The van der Waals surface area contributed by atoms with Crippen LogP contribution < -0.4 is 4.74 Å². The van der Waals surface area contributed by atoms with E-state index in [-0.39, 0.29) is 30.2 Å². The minimum atomic E-state index is 0.0531. The predicted molar refractivity (Wildman–Crippen MR) is 94.4 cm³/mol. The maximum Gasteiger partial charge on any atom is 0.126 e. The highest BCUT2D eigenvalue weighted by atomic mass is 16.5. The molecule has 2 aromatic carbocycles. The molecule has 1 aliphatic heterocycles. The zero-order valence-corrected chi connectivity index (χ0v) is 14.2. The summed E-state index contributed by atoms with van der Waals surface area (Å²) in [5.74, 6) is 1.07. The average Bonchev–Trinajstić information content (AvgIpc) is 3.05. The fraction of sp³-hybridized carbons (Fsp3) is 0.400. The largest absolute Gasteiger partial charge is 0.508 e. The van der Waals surface area contributed by atoms with Crippen LogP contribution in [0.2, 0.25) is 0 Å². The van der Waals surface area contributed by atoms with Crippen molar-refractivity contribution in [2.24, 2.45) is 5.92 Å². The quantitative estimate of drug-likeness (QED) is 0.886. The van der Waals surface area contributed by atoms with Gasteiger partial charge in [0.1, 0.15) is 11.5 Å². The first-order valence-electron chi connectivity index (χ1n) is 8.41. The number of aliphatic hydroxyl groups is 1. The van der Waals surface area contributed by atoms with Crippen molar-refractivity contribution >= 4 is 0 Å². The van der Waals surface area contributed by atoms with Gasteiger partial charge in [0, 0.05) is 43.1 Å². The molecule has 2 N–H and O–H groups in total. The molecule has 1 saturated heterocycles. The summed E-state index contributed by atoms with van der Waals surface area (Å²) >= 11 is 0. The molecule has 128 valence electrons. The zero-order chi connectivity index (χ0) is 17.1. The van der Waals surface area contributed by atoms with Gasteiger partial charge in [0.2, 0.25) is 0 Å². The molecule has 0 aliphatic carbocycles. The van der Waals surface area contributed by atoms with Crippen molar-refractivity contribution in [3.63, 3.8) is 0 Å². The molecule has 4 heteroatoms. The number of likely N-dealkylation sites (tertiary alicyclic amines) is 1. The van der Waals surface area contributed by atoms with Gasteiger partial charge in [0.25, 0.3) is 0 Å². The summed E-state index contributed by atoms with van der Waals surface area (Å²) in [6.07, 6.45) is 0. The number of hydrogen-bond donors (Lipinski definition) is 2. The molecule has 0 unspecified atom stereocenters. The van der Waals surface area contributed by atoms with Gasteiger partial charge in [0.05, 0.1) is 7.11 Å². The van der Waals surface area contributed by atoms with E-state index < -0.39 is 0 Å². The van der Waals surface area contributed by atoms with Crippen molar-refractivity contribution in [2.75, 3.05) is 26.8 Å². The van der Waals surface area contributed by atoms with E-state index in [0.717, 1.165) is 18.7 Å². The number of hydrogen-bond acceptors (Lipinski definition) is 4. The van der Waals surface area contributed by atoms with E-state index >= 15 is 0 Å². The first-order chi connectivity index (χ1) is 11.7. The zero-order valence-electron chi connectivity index (χ0n) is 14.2. The van der Waals surface area contributed by atoms with Crippen LogP contribution in [0.3, 0.4) is 0 Å². The molecular weight excluding hydrogens is 302 g/mol. The number of nitrogens with zero attached hydrogens (tertiary/aromatic N) is 1. The van der Waals surface area contributed by atoms with Gasteiger partial charge in [0.15, 0.2) is 0 Å². The number of methoxy groups -OCH3 is 1. The lowest BCUT2D eigenvalue weighted by atomic mass is 9.88. The van der Waals surface area contributed by atoms with Crippen molar-refractivity contribution in [1.29, 1.82) is 0 Å². The molecule has 3 rings (SSSR count). The Kier molecular flexibility index (Phi) is 5.07. The van der Waals surface area contributed by atoms with Crippen LogP contribution in [0.15, 0.2) is 48.5 Å². The molecular formula is C20H25NO3. The first kappa shape index (κ1) is 16.8. The summed E-state index contributed by atoms with van der Waals surface area (Å²) in [4.78, 5) is 2.37. The Hall–Kier alpha value is -2.04. The van der Waals surface area contributed by atoms with Gasteiger partial charge < -0.3 is 14.9 Å². The van der Waals surface area contributed by atoms with Crippen molar-refractivity contribution < 1.29 is 14.9 Å². The summed E-state index contributed by atoms with van der Waals surface area (Å²) < 4.78 is 5.45. The van der Waals surface area contributed by atoms with E-state index in [0.29, 0.717) is 5.75 Å². The monoisotopic (exact) mass is 327 g/mol. The number of aromatic hydroxyl groups is 1. The summed E-state index contributed by atoms with van der Waals surface area (Å²) in [6.45, 7) is 3.87. The van der Waals surface area contributed by atoms with E-state index in [4.69, 9.17) is 4.74 Å². The average molecular weight is 327 g/mol. The SMILES string of the molecule is COc1cccc(O)c1[C@@H]1CN([C@H](C)c2ccccc2)C[C@@H]1CO. The normalized spacial score (nSPS) is 22.5. The third-order valence-electron chi connectivity index (χ3n) is 5.17. The van der Waals surface area contributed by atoms with Gasteiger partial charge in [-0.2, -0.15) is 0 Å². The Bertz CT molecular complexity index is 674. The second kappa shape index (κ2) is 7.24. The van der Waals surface area contributed by atoms with Crippen LogP contribution in [0.5, 0.6) is 11.5 Å². The lowest BCUT2D eigenvalue weighted by Gasteiger charge is -2.25. The van der Waals surface area contributed by atoms with Crippen LogP contribution in [0.25, 0.3) is 0 Å². The van der Waals surface area contributed by atoms with Gasteiger partial charge in [-0.1, -0.05) is 36.4 Å². The van der Waals surface area contributed by atoms with Gasteiger partial charge in [-0.3, -0.25) is 4.90 Å². The van der Waals surface area contributed by atoms with Gasteiger partial charge in [-0.25, -0.2) is 0 Å². The van der Waals surface area contributed by atoms with Crippen LogP contribution in [0.1, 0.15) is 30.0 Å². The van der Waals surface area contributed by atoms with Crippen LogP contribution in [0.4, 0.5) is 0 Å². The van der Waals surface area contributed by atoms with Gasteiger partial charge in [-0.05, 0) is 24.6 Å². The number of ether oxygens (including phenoxy) is 1. The first-order valence-corrected chi connectivity index (χ1v) is 8.41. The maximum absolute atomic E-state index is 10.4. The molecule has 4 nitrogen and oxygen atoms in total. The molecule has 0 amide bonds. The molecule has 1 aliphatic rings. The summed E-state index contributed by atoms with van der Waals surface area (Å²) in [5, 5.41) is 20.2. The highest BCUT2D eigenvalue weighted by Crippen LogP contribution is 2.43. The Morgan fingerprint density at radius 3 is 2.54 bits per heavy atom. The van der Waals surface area contributed by atoms with E-state index in [1.165, 1.54) is 5.56 Å². The Balaban J connectivity index is 1.88. The van der Waals surface area contributed by atoms with Crippen molar-refractivity contribution in [3.05, 3.63) is 59.7 Å². The minimum absolute atomic E-state index is 0.0531. The number of phenolic OH excluding ortho intramolecular Hbond substituents is 1. The van der Waals surface area contributed by atoms with E-state index in [1.54, 1.807) is 19.2 Å². The molecule has 0 aromatic heterocycles. The van der Waals surface area contributed by atoms with Crippen molar-refractivity contribution in [3.8, 4) is 11.5 Å². The van der Waals surface area contributed by atoms with Gasteiger partial charge in [-0.15, -0.1) is 0 Å². The molecule has 0 spiro atoms. The van der Waals surface area contributed by atoms with E-state index in [2.05, 4.69) is 36.1 Å². The fourth-order valence-electron chi connectivity index (χ4n) is 3.76. The molecule has 1 fully saturated rings. The molecule has 0 bridgehead atoms. The molecule has 0 saturated carbocycles. The van der Waals surface area contributed by atoms with Crippen molar-refractivity contribution in [1.82, 2.24) is 4.90 Å². The van der Waals surface area contributed by atoms with Crippen LogP contribution in [0, 0.1) is 5.92 Å². The maximum atomic E-state index is 10.4. The molecule has 3 atom stereocenters. The van der Waals surface area contributed by atoms with E-state index in [1.807, 2.05) is 12.1 Å². The molecule has 1 heterocycles. The number of rotatable bonds is 5. The molecule has 2 aromatic rings. The van der Waals surface area contributed by atoms with Crippen LogP contribution in [-0.2, 0) is 0 Å². The lowest BCUT2D eigenvalue weighted by molar-refractivity contribution is 0.201. The lowest BCUT2D eigenvalue weighted by Crippen LogP contribution is -2.25. The topological polar surface area (TPSA) is 52.9 Å². The standard InChI is InChI=1S/C20H25NO3/c1-14(15-7-4-3-5-8-15)21-11-16(13-22)17(12-21)20-18(23)9-6-10-19(20)24-2/h3-10,14,16-17,22-23H,11-13H2,1-2H3/t14-,16-,17-/m1/s1. The highest BCUT2D eigenvalue weighted by Gasteiger charge is 2.38. The Morgan fingerprint density at radius 2 is 1.88 bits per heavy atom. The molecule has 0 radical (unpaired) electrons. The molecule has 24 heavy (non-hydrogen) atoms. The van der Waals surface area contributed by atoms with Crippen LogP contribution >= 0.6 is 0 Å². The Morgan fingerprint density at radius 1 is 1.12 bits per heavy atom. The van der Waals surface area contributed by atoms with Crippen molar-refractivity contribution in [2.45, 2.75) is 18.9 Å². The van der Waals surface area contributed by atoms with Gasteiger partial charge >= 0.3 is 0 Å². The summed E-state index contributed by atoms with van der Waals surface area (Å²) in [7, 11) is 1.62. The van der Waals surface area contributed by atoms with Crippen LogP contribution in [-0.4, -0.2) is 41.9 Å². The predicted octanol–water partition coefficient (Wildman–Crippen LogP) is 3.17. The Labute approximate surface area is 143 Å². The smallest absolute Gasteiger partial charge is 0.126 e.